The van der Waals surface area contributed by atoms with Crippen LogP contribution in [0.4, 0.5) is 10.1 Å². The molecule has 4 rings (SSSR count). The van der Waals surface area contributed by atoms with E-state index in [0.717, 1.165) is 33.9 Å². The van der Waals surface area contributed by atoms with Crippen molar-refractivity contribution in [2.24, 2.45) is 5.10 Å². The zero-order valence-electron chi connectivity index (χ0n) is 17.9. The molecular formula is C23H22FN3O4S2. The van der Waals surface area contributed by atoms with Crippen LogP contribution in [0.1, 0.15) is 29.2 Å². The van der Waals surface area contributed by atoms with E-state index in [2.05, 4.69) is 9.82 Å². The van der Waals surface area contributed by atoms with Crippen LogP contribution in [-0.2, 0) is 20.0 Å². The third kappa shape index (κ3) is 5.07. The van der Waals surface area contributed by atoms with Crippen LogP contribution in [0.3, 0.4) is 0 Å². The van der Waals surface area contributed by atoms with E-state index in [-0.39, 0.29) is 4.90 Å². The Morgan fingerprint density at radius 1 is 0.909 bits per heavy atom. The van der Waals surface area contributed by atoms with Gasteiger partial charge in [-0.05, 0) is 54.4 Å². The van der Waals surface area contributed by atoms with Gasteiger partial charge in [0.15, 0.2) is 0 Å². The molecule has 0 bridgehead atoms. The highest BCUT2D eigenvalue weighted by molar-refractivity contribution is 7.92. The Bertz CT molecular complexity index is 1400. The van der Waals surface area contributed by atoms with Crippen molar-refractivity contribution >= 4 is 31.4 Å². The van der Waals surface area contributed by atoms with E-state index in [1.807, 2.05) is 31.2 Å². The molecule has 3 aromatic carbocycles. The number of benzene rings is 3. The van der Waals surface area contributed by atoms with Crippen molar-refractivity contribution in [1.29, 1.82) is 0 Å². The number of hydrogen-bond donors (Lipinski definition) is 1. The number of hydrogen-bond acceptors (Lipinski definition) is 5. The second-order valence-electron chi connectivity index (χ2n) is 7.86. The fourth-order valence-electron chi connectivity index (χ4n) is 3.58. The number of hydrazone groups is 1. The molecule has 0 fully saturated rings. The normalized spacial score (nSPS) is 16.5. The highest BCUT2D eigenvalue weighted by Gasteiger charge is 2.37. The van der Waals surface area contributed by atoms with Crippen molar-refractivity contribution in [3.05, 3.63) is 95.3 Å². The molecule has 1 atom stereocenters. The molecule has 0 saturated carbocycles. The lowest BCUT2D eigenvalue weighted by Gasteiger charge is -2.23. The van der Waals surface area contributed by atoms with Crippen LogP contribution in [0.25, 0.3) is 0 Å². The van der Waals surface area contributed by atoms with Crippen LogP contribution >= 0.6 is 0 Å². The van der Waals surface area contributed by atoms with E-state index in [1.54, 1.807) is 24.3 Å². The lowest BCUT2D eigenvalue weighted by molar-refractivity contribution is 0.371. The minimum absolute atomic E-state index is 0.0567. The van der Waals surface area contributed by atoms with Crippen LogP contribution < -0.4 is 4.72 Å². The third-order valence-corrected chi connectivity index (χ3v) is 7.52. The van der Waals surface area contributed by atoms with Gasteiger partial charge in [0.2, 0.25) is 10.0 Å². The average Bonchev–Trinajstić information content (AvgIpc) is 3.20. The molecule has 0 unspecified atom stereocenters. The molecule has 1 aliphatic heterocycles. The van der Waals surface area contributed by atoms with E-state index < -0.39 is 31.9 Å². The average molecular weight is 488 g/mol. The fraction of sp³-hybridized carbons (Fsp3) is 0.174. The molecular weight excluding hydrogens is 465 g/mol. The SMILES string of the molecule is Cc1ccc([C@@H]2CC(c3ccc(NS(C)(=O)=O)cc3)=NN2S(=O)(=O)c2ccc(F)cc2)cc1. The minimum atomic E-state index is -4.05. The standard InChI is InChI=1S/C23H22FN3O4S2/c1-16-3-5-18(6-4-16)23-15-22(17-7-11-20(12-8-17)26-32(2,28)29)25-27(23)33(30,31)21-13-9-19(24)10-14-21/h3-14,23,26H,15H2,1-2H3/t23-/m0/s1. The summed E-state index contributed by atoms with van der Waals surface area (Å²) in [6.07, 6.45) is 1.38. The summed E-state index contributed by atoms with van der Waals surface area (Å²) in [5.74, 6) is -0.530. The maximum atomic E-state index is 13.4. The Kier molecular flexibility index (Phi) is 5.98. The first kappa shape index (κ1) is 22.9. The van der Waals surface area contributed by atoms with Crippen LogP contribution in [0, 0.1) is 12.7 Å². The van der Waals surface area contributed by atoms with Crippen molar-refractivity contribution in [2.45, 2.75) is 24.3 Å². The van der Waals surface area contributed by atoms with Crippen molar-refractivity contribution in [2.75, 3.05) is 11.0 Å². The second kappa shape index (κ2) is 8.60. The number of anilines is 1. The largest absolute Gasteiger partial charge is 0.284 e. The van der Waals surface area contributed by atoms with Gasteiger partial charge >= 0.3 is 0 Å². The van der Waals surface area contributed by atoms with Crippen molar-refractivity contribution < 1.29 is 21.2 Å². The molecule has 0 radical (unpaired) electrons. The number of nitrogens with one attached hydrogen (secondary N) is 1. The molecule has 1 heterocycles. The van der Waals surface area contributed by atoms with Gasteiger partial charge in [0.25, 0.3) is 10.0 Å². The summed E-state index contributed by atoms with van der Waals surface area (Å²) >= 11 is 0. The van der Waals surface area contributed by atoms with Crippen LogP contribution in [0.5, 0.6) is 0 Å². The van der Waals surface area contributed by atoms with Crippen LogP contribution in [0.15, 0.2) is 82.8 Å². The Balaban J connectivity index is 1.73. The van der Waals surface area contributed by atoms with Gasteiger partial charge in [-0.1, -0.05) is 42.0 Å². The summed E-state index contributed by atoms with van der Waals surface area (Å²) < 4.78 is 66.5. The zero-order valence-corrected chi connectivity index (χ0v) is 19.6. The lowest BCUT2D eigenvalue weighted by Crippen LogP contribution is -2.27. The first-order chi connectivity index (χ1) is 15.5. The van der Waals surface area contributed by atoms with E-state index in [1.165, 1.54) is 12.1 Å². The summed E-state index contributed by atoms with van der Waals surface area (Å²) in [5.41, 5.74) is 3.42. The summed E-state index contributed by atoms with van der Waals surface area (Å²) in [5, 5.41) is 4.44. The number of sulfonamides is 2. The van der Waals surface area contributed by atoms with Crippen LogP contribution in [-0.4, -0.2) is 33.2 Å². The van der Waals surface area contributed by atoms with Crippen LogP contribution in [0.2, 0.25) is 0 Å². The Morgan fingerprint density at radius 3 is 2.09 bits per heavy atom. The molecule has 172 valence electrons. The lowest BCUT2D eigenvalue weighted by atomic mass is 9.98. The Morgan fingerprint density at radius 2 is 1.52 bits per heavy atom. The molecule has 0 saturated heterocycles. The quantitative estimate of drug-likeness (QED) is 0.568. The van der Waals surface area contributed by atoms with Gasteiger partial charge in [0.05, 0.1) is 22.9 Å². The number of aryl methyl sites for hydroxylation is 1. The smallest absolute Gasteiger partial charge is 0.279 e. The van der Waals surface area contributed by atoms with Gasteiger partial charge in [0, 0.05) is 12.1 Å². The first-order valence-electron chi connectivity index (χ1n) is 10.1. The number of rotatable bonds is 6. The van der Waals surface area contributed by atoms with E-state index in [0.29, 0.717) is 23.4 Å². The molecule has 33 heavy (non-hydrogen) atoms. The maximum Gasteiger partial charge on any atom is 0.279 e. The summed E-state index contributed by atoms with van der Waals surface area (Å²) in [4.78, 5) is -0.0567. The molecule has 0 aliphatic carbocycles. The summed E-state index contributed by atoms with van der Waals surface area (Å²) in [7, 11) is -7.46. The Hall–Kier alpha value is -3.24. The van der Waals surface area contributed by atoms with E-state index >= 15 is 0 Å². The van der Waals surface area contributed by atoms with Crippen molar-refractivity contribution in [3.8, 4) is 0 Å². The topological polar surface area (TPSA) is 95.9 Å². The van der Waals surface area contributed by atoms with Gasteiger partial charge < -0.3 is 0 Å². The molecule has 3 aromatic rings. The Labute approximate surface area is 192 Å². The van der Waals surface area contributed by atoms with E-state index in [9.17, 15) is 21.2 Å². The maximum absolute atomic E-state index is 13.4. The molecule has 1 N–H and O–H groups in total. The second-order valence-corrected chi connectivity index (χ2v) is 11.4. The van der Waals surface area contributed by atoms with Gasteiger partial charge in [0.1, 0.15) is 5.82 Å². The molecule has 1 aliphatic rings. The highest BCUT2D eigenvalue weighted by atomic mass is 32.2. The van der Waals surface area contributed by atoms with Gasteiger partial charge in [-0.3, -0.25) is 4.72 Å². The summed E-state index contributed by atoms with van der Waals surface area (Å²) in [6.45, 7) is 1.94. The molecule has 10 heteroatoms. The molecule has 0 aromatic heterocycles. The fourth-order valence-corrected chi connectivity index (χ4v) is 5.58. The van der Waals surface area contributed by atoms with Gasteiger partial charge in [-0.15, -0.1) is 0 Å². The minimum Gasteiger partial charge on any atom is -0.284 e. The van der Waals surface area contributed by atoms with Gasteiger partial charge in [-0.2, -0.15) is 17.9 Å². The summed E-state index contributed by atoms with van der Waals surface area (Å²) in [6, 6.07) is 18.2. The molecule has 7 nitrogen and oxygen atoms in total. The first-order valence-corrected chi connectivity index (χ1v) is 13.4. The predicted octanol–water partition coefficient (Wildman–Crippen LogP) is 4.05. The van der Waals surface area contributed by atoms with Crippen molar-refractivity contribution in [1.82, 2.24) is 4.41 Å². The zero-order chi connectivity index (χ0) is 23.8. The highest BCUT2D eigenvalue weighted by Crippen LogP contribution is 2.37. The predicted molar refractivity (Wildman–Crippen MR) is 125 cm³/mol. The third-order valence-electron chi connectivity index (χ3n) is 5.21. The van der Waals surface area contributed by atoms with E-state index in [4.69, 9.17) is 0 Å². The molecule has 0 spiro atoms. The number of halogens is 1. The van der Waals surface area contributed by atoms with Gasteiger partial charge in [-0.25, -0.2) is 12.8 Å². The van der Waals surface area contributed by atoms with Crippen molar-refractivity contribution in [3.63, 3.8) is 0 Å². The molecule has 0 amide bonds. The number of nitrogens with zero attached hydrogens (tertiary/aromatic N) is 2. The monoisotopic (exact) mass is 487 g/mol.